The second-order valence-electron chi connectivity index (χ2n) is 5.65. The van der Waals surface area contributed by atoms with Crippen molar-refractivity contribution in [1.82, 2.24) is 5.32 Å². The maximum atomic E-state index is 12.0. The molecule has 0 aliphatic rings. The van der Waals surface area contributed by atoms with Crippen molar-refractivity contribution in [2.45, 2.75) is 45.4 Å². The van der Waals surface area contributed by atoms with Gasteiger partial charge in [0.1, 0.15) is 18.2 Å². The van der Waals surface area contributed by atoms with Crippen molar-refractivity contribution in [2.75, 3.05) is 0 Å². The molecule has 118 valence electrons. The van der Waals surface area contributed by atoms with Crippen LogP contribution in [0.5, 0.6) is 0 Å². The Morgan fingerprint density at radius 2 is 1.91 bits per heavy atom. The molecule has 1 aromatic carbocycles. The van der Waals surface area contributed by atoms with Crippen molar-refractivity contribution in [3.05, 3.63) is 35.9 Å². The maximum Gasteiger partial charge on any atom is 0.408 e. The molecule has 6 heteroatoms. The molecule has 0 bridgehead atoms. The van der Waals surface area contributed by atoms with E-state index in [1.165, 1.54) is 0 Å². The molecular formula is C16H20N2O4. The first kappa shape index (κ1) is 17.5. The Morgan fingerprint density at radius 1 is 1.27 bits per heavy atom. The van der Waals surface area contributed by atoms with Crippen molar-refractivity contribution < 1.29 is 19.1 Å². The summed E-state index contributed by atoms with van der Waals surface area (Å²) in [6.07, 6.45) is -0.947. The number of benzene rings is 1. The predicted octanol–water partition coefficient (Wildman–Crippen LogP) is 2.54. The van der Waals surface area contributed by atoms with Crippen molar-refractivity contribution in [2.24, 2.45) is 0 Å². The van der Waals surface area contributed by atoms with Crippen LogP contribution >= 0.6 is 0 Å². The zero-order chi connectivity index (χ0) is 16.6. The number of hydrogen-bond acceptors (Lipinski definition) is 5. The molecular weight excluding hydrogens is 284 g/mol. The Balaban J connectivity index is 2.56. The predicted molar refractivity (Wildman–Crippen MR) is 79.6 cm³/mol. The summed E-state index contributed by atoms with van der Waals surface area (Å²) in [4.78, 5) is 23.6. The third-order valence-corrected chi connectivity index (χ3v) is 2.49. The molecule has 0 aliphatic carbocycles. The molecule has 6 nitrogen and oxygen atoms in total. The zero-order valence-corrected chi connectivity index (χ0v) is 13.0. The molecule has 22 heavy (non-hydrogen) atoms. The molecule has 1 aromatic rings. The minimum absolute atomic E-state index is 0.0810. The van der Waals surface area contributed by atoms with Crippen LogP contribution in [0.4, 0.5) is 4.79 Å². The third kappa shape index (κ3) is 6.75. The van der Waals surface area contributed by atoms with E-state index in [1.807, 2.05) is 36.4 Å². The number of hydrogen-bond donors (Lipinski definition) is 1. The monoisotopic (exact) mass is 304 g/mol. The molecule has 1 N–H and O–H groups in total. The van der Waals surface area contributed by atoms with Crippen LogP contribution in [-0.4, -0.2) is 23.7 Å². The van der Waals surface area contributed by atoms with Gasteiger partial charge in [0.2, 0.25) is 0 Å². The SMILES string of the molecule is CC(C)(C)OC(=O)NC(CC#N)C(=O)OCc1ccccc1. The fraction of sp³-hybridized carbons (Fsp3) is 0.438. The van der Waals surface area contributed by atoms with E-state index in [0.29, 0.717) is 0 Å². The highest BCUT2D eigenvalue weighted by atomic mass is 16.6. The van der Waals surface area contributed by atoms with Crippen molar-refractivity contribution in [3.8, 4) is 6.07 Å². The largest absolute Gasteiger partial charge is 0.459 e. The lowest BCUT2D eigenvalue weighted by Gasteiger charge is -2.22. The second kappa shape index (κ2) is 8.03. The smallest absolute Gasteiger partial charge is 0.408 e. The van der Waals surface area contributed by atoms with E-state index in [4.69, 9.17) is 14.7 Å². The number of nitrogens with one attached hydrogen (secondary N) is 1. The average molecular weight is 304 g/mol. The van der Waals surface area contributed by atoms with Gasteiger partial charge in [0.05, 0.1) is 12.5 Å². The van der Waals surface area contributed by atoms with Crippen LogP contribution in [0.15, 0.2) is 30.3 Å². The Bertz CT molecular complexity index is 544. The highest BCUT2D eigenvalue weighted by Crippen LogP contribution is 2.08. The van der Waals surface area contributed by atoms with Gasteiger partial charge in [0.25, 0.3) is 0 Å². The molecule has 1 rings (SSSR count). The molecule has 0 aromatic heterocycles. The van der Waals surface area contributed by atoms with Crippen molar-refractivity contribution in [3.63, 3.8) is 0 Å². The number of esters is 1. The summed E-state index contributed by atoms with van der Waals surface area (Å²) in [6.45, 7) is 5.20. The lowest BCUT2D eigenvalue weighted by Crippen LogP contribution is -2.44. The van der Waals surface area contributed by atoms with Crippen LogP contribution in [0.1, 0.15) is 32.8 Å². The maximum absolute atomic E-state index is 12.0. The van der Waals surface area contributed by atoms with Gasteiger partial charge in [0, 0.05) is 0 Å². The van der Waals surface area contributed by atoms with Crippen LogP contribution < -0.4 is 5.32 Å². The Hall–Kier alpha value is -2.55. The molecule has 0 saturated heterocycles. The van der Waals surface area contributed by atoms with Crippen molar-refractivity contribution >= 4 is 12.1 Å². The summed E-state index contributed by atoms with van der Waals surface area (Å²) < 4.78 is 10.2. The van der Waals surface area contributed by atoms with E-state index in [2.05, 4.69) is 5.32 Å². The average Bonchev–Trinajstić information content (AvgIpc) is 2.43. The molecule has 0 spiro atoms. The highest BCUT2D eigenvalue weighted by Gasteiger charge is 2.25. The molecule has 0 heterocycles. The standard InChI is InChI=1S/C16H20N2O4/c1-16(2,3)22-15(20)18-13(9-10-17)14(19)21-11-12-7-5-4-6-8-12/h4-8,13H,9,11H2,1-3H3,(H,18,20). The van der Waals surface area contributed by atoms with Crippen LogP contribution in [-0.2, 0) is 20.9 Å². The van der Waals surface area contributed by atoms with Gasteiger partial charge in [-0.05, 0) is 26.3 Å². The number of nitrogens with zero attached hydrogens (tertiary/aromatic N) is 1. The lowest BCUT2D eigenvalue weighted by molar-refractivity contribution is -0.147. The van der Waals surface area contributed by atoms with E-state index in [9.17, 15) is 9.59 Å². The molecule has 1 atom stereocenters. The number of rotatable bonds is 5. The van der Waals surface area contributed by atoms with Gasteiger partial charge in [-0.2, -0.15) is 5.26 Å². The Kier molecular flexibility index (Phi) is 6.39. The number of amides is 1. The van der Waals surface area contributed by atoms with Crippen LogP contribution in [0.25, 0.3) is 0 Å². The summed E-state index contributed by atoms with van der Waals surface area (Å²) in [5, 5.41) is 11.1. The number of carbonyl (C=O) groups excluding carboxylic acids is 2. The Labute approximate surface area is 130 Å². The van der Waals surface area contributed by atoms with Gasteiger partial charge in [0.15, 0.2) is 0 Å². The van der Waals surface area contributed by atoms with Gasteiger partial charge in [-0.1, -0.05) is 30.3 Å². The molecule has 0 fully saturated rings. The summed E-state index contributed by atoms with van der Waals surface area (Å²) >= 11 is 0. The van der Waals surface area contributed by atoms with Gasteiger partial charge in [-0.25, -0.2) is 9.59 Å². The highest BCUT2D eigenvalue weighted by molar-refractivity contribution is 5.81. The minimum Gasteiger partial charge on any atom is -0.459 e. The van der Waals surface area contributed by atoms with E-state index >= 15 is 0 Å². The summed E-state index contributed by atoms with van der Waals surface area (Å²) in [7, 11) is 0. The first-order valence-electron chi connectivity index (χ1n) is 6.89. The van der Waals surface area contributed by atoms with Crippen molar-refractivity contribution in [1.29, 1.82) is 5.26 Å². The van der Waals surface area contributed by atoms with E-state index in [-0.39, 0.29) is 13.0 Å². The van der Waals surface area contributed by atoms with Crippen LogP contribution in [0.2, 0.25) is 0 Å². The number of nitriles is 1. The second-order valence-corrected chi connectivity index (χ2v) is 5.65. The van der Waals surface area contributed by atoms with Gasteiger partial charge in [-0.15, -0.1) is 0 Å². The van der Waals surface area contributed by atoms with E-state index in [1.54, 1.807) is 20.8 Å². The van der Waals surface area contributed by atoms with E-state index < -0.39 is 23.7 Å². The van der Waals surface area contributed by atoms with Gasteiger partial charge >= 0.3 is 12.1 Å². The zero-order valence-electron chi connectivity index (χ0n) is 13.0. The fourth-order valence-electron chi connectivity index (χ4n) is 1.56. The van der Waals surface area contributed by atoms with Gasteiger partial charge < -0.3 is 14.8 Å². The summed E-state index contributed by atoms with van der Waals surface area (Å²) in [5.41, 5.74) is 0.138. The van der Waals surface area contributed by atoms with Crippen LogP contribution in [0, 0.1) is 11.3 Å². The molecule has 0 saturated carbocycles. The number of carbonyl (C=O) groups is 2. The van der Waals surface area contributed by atoms with Gasteiger partial charge in [-0.3, -0.25) is 0 Å². The quantitative estimate of drug-likeness (QED) is 0.844. The Morgan fingerprint density at radius 3 is 2.45 bits per heavy atom. The summed E-state index contributed by atoms with van der Waals surface area (Å²) in [5.74, 6) is -0.670. The molecule has 1 amide bonds. The van der Waals surface area contributed by atoms with E-state index in [0.717, 1.165) is 5.56 Å². The number of ether oxygens (including phenoxy) is 2. The topological polar surface area (TPSA) is 88.4 Å². The molecule has 0 radical (unpaired) electrons. The first-order chi connectivity index (χ1) is 10.3. The molecule has 0 aliphatic heterocycles. The number of alkyl carbamates (subject to hydrolysis) is 1. The van der Waals surface area contributed by atoms with Crippen LogP contribution in [0.3, 0.4) is 0 Å². The first-order valence-corrected chi connectivity index (χ1v) is 6.89. The third-order valence-electron chi connectivity index (χ3n) is 2.49. The minimum atomic E-state index is -1.05. The lowest BCUT2D eigenvalue weighted by atomic mass is 10.2. The summed E-state index contributed by atoms with van der Waals surface area (Å²) in [6, 6.07) is 9.93. The normalized spacial score (nSPS) is 11.9. The fourth-order valence-corrected chi connectivity index (χ4v) is 1.56. The molecule has 1 unspecified atom stereocenters.